The van der Waals surface area contributed by atoms with Gasteiger partial charge in [0.25, 0.3) is 0 Å². The van der Waals surface area contributed by atoms with E-state index in [0.717, 1.165) is 35.5 Å². The first-order chi connectivity index (χ1) is 10.6. The van der Waals surface area contributed by atoms with Crippen molar-refractivity contribution in [2.24, 2.45) is 35.5 Å². The molecule has 0 heteroatoms. The largest absolute Gasteiger partial charge is 0.0651 e. The number of rotatable bonds is 13. The minimum Gasteiger partial charge on any atom is -0.0651 e. The lowest BCUT2D eigenvalue weighted by Crippen LogP contribution is -2.38. The fourth-order valence-electron chi connectivity index (χ4n) is 5.36. The van der Waals surface area contributed by atoms with Crippen molar-refractivity contribution < 1.29 is 0 Å². The van der Waals surface area contributed by atoms with Crippen LogP contribution in [-0.4, -0.2) is 0 Å². The third-order valence-corrected chi connectivity index (χ3v) is 6.82. The molecule has 0 aromatic heterocycles. The van der Waals surface area contributed by atoms with Crippen LogP contribution in [0.5, 0.6) is 0 Å². The molecule has 0 radical (unpaired) electrons. The van der Waals surface area contributed by atoms with Gasteiger partial charge in [-0.05, 0) is 35.5 Å². The van der Waals surface area contributed by atoms with Gasteiger partial charge in [-0.3, -0.25) is 0 Å². The van der Waals surface area contributed by atoms with Gasteiger partial charge in [0, 0.05) is 0 Å². The zero-order valence-corrected chi connectivity index (χ0v) is 17.1. The second kappa shape index (κ2) is 12.4. The number of hydrogen-bond acceptors (Lipinski definition) is 0. The molecule has 22 heavy (non-hydrogen) atoms. The Hall–Kier alpha value is 0. The van der Waals surface area contributed by atoms with Gasteiger partial charge in [0.05, 0.1) is 0 Å². The van der Waals surface area contributed by atoms with Crippen LogP contribution in [-0.2, 0) is 0 Å². The van der Waals surface area contributed by atoms with E-state index in [1.54, 1.807) is 0 Å². The summed E-state index contributed by atoms with van der Waals surface area (Å²) in [6, 6.07) is 0. The van der Waals surface area contributed by atoms with Crippen molar-refractivity contribution in [1.29, 1.82) is 0 Å². The van der Waals surface area contributed by atoms with Gasteiger partial charge in [-0.15, -0.1) is 0 Å². The summed E-state index contributed by atoms with van der Waals surface area (Å²) in [5.41, 5.74) is 0. The SMILES string of the molecule is CCC(CC)C(C(CC)CC)C(C(CC)CC)C(CC)CC. The van der Waals surface area contributed by atoms with E-state index in [1.807, 2.05) is 0 Å². The minimum atomic E-state index is 0.927. The maximum atomic E-state index is 2.43. The Kier molecular flexibility index (Phi) is 12.4. The zero-order chi connectivity index (χ0) is 17.1. The molecule has 134 valence electrons. The molecule has 0 aromatic rings. The first-order valence-corrected chi connectivity index (χ1v) is 10.6. The van der Waals surface area contributed by atoms with Crippen LogP contribution in [0.25, 0.3) is 0 Å². The molecule has 0 saturated carbocycles. The number of hydrogen-bond donors (Lipinski definition) is 0. The Balaban J connectivity index is 5.77. The summed E-state index contributed by atoms with van der Waals surface area (Å²) >= 11 is 0. The molecule has 0 fully saturated rings. The minimum absolute atomic E-state index is 0.927. The predicted octanol–water partition coefficient (Wildman–Crippen LogP) is 7.96. The third-order valence-electron chi connectivity index (χ3n) is 6.82. The van der Waals surface area contributed by atoms with Crippen molar-refractivity contribution in [2.45, 2.75) is 107 Å². The molecule has 0 aliphatic rings. The Morgan fingerprint density at radius 3 is 0.545 bits per heavy atom. The maximum Gasteiger partial charge on any atom is -0.0324 e. The molecule has 0 atom stereocenters. The smallest absolute Gasteiger partial charge is 0.0324 e. The summed E-state index contributed by atoms with van der Waals surface area (Å²) < 4.78 is 0. The lowest BCUT2D eigenvalue weighted by molar-refractivity contribution is 0.0356. The maximum absolute atomic E-state index is 2.43. The van der Waals surface area contributed by atoms with E-state index in [4.69, 9.17) is 0 Å². The van der Waals surface area contributed by atoms with Gasteiger partial charge < -0.3 is 0 Å². The second-order valence-corrected chi connectivity index (χ2v) is 7.46. The lowest BCUT2D eigenvalue weighted by atomic mass is 9.60. The average molecular weight is 311 g/mol. The molecule has 0 aliphatic heterocycles. The van der Waals surface area contributed by atoms with Crippen molar-refractivity contribution in [2.75, 3.05) is 0 Å². The zero-order valence-electron chi connectivity index (χ0n) is 17.1. The van der Waals surface area contributed by atoms with E-state index < -0.39 is 0 Å². The topological polar surface area (TPSA) is 0 Å². The van der Waals surface area contributed by atoms with Crippen LogP contribution in [0.1, 0.15) is 107 Å². The van der Waals surface area contributed by atoms with E-state index in [9.17, 15) is 0 Å². The van der Waals surface area contributed by atoms with Crippen molar-refractivity contribution in [3.63, 3.8) is 0 Å². The van der Waals surface area contributed by atoms with Crippen LogP contribution >= 0.6 is 0 Å². The quantitative estimate of drug-likeness (QED) is 0.323. The molecule has 0 saturated heterocycles. The van der Waals surface area contributed by atoms with Gasteiger partial charge in [-0.1, -0.05) is 107 Å². The molecular formula is C22H46. The molecule has 0 bridgehead atoms. The van der Waals surface area contributed by atoms with Crippen molar-refractivity contribution >= 4 is 0 Å². The Bertz CT molecular complexity index is 178. The van der Waals surface area contributed by atoms with E-state index in [-0.39, 0.29) is 0 Å². The molecule has 0 spiro atoms. The van der Waals surface area contributed by atoms with Crippen LogP contribution in [0.15, 0.2) is 0 Å². The molecule has 0 heterocycles. The molecule has 0 unspecified atom stereocenters. The van der Waals surface area contributed by atoms with Gasteiger partial charge in [0.15, 0.2) is 0 Å². The van der Waals surface area contributed by atoms with Crippen LogP contribution in [0.4, 0.5) is 0 Å². The van der Waals surface area contributed by atoms with Crippen LogP contribution in [0.3, 0.4) is 0 Å². The third kappa shape index (κ3) is 5.57. The highest BCUT2D eigenvalue weighted by atomic mass is 14.4. The highest BCUT2D eigenvalue weighted by molar-refractivity contribution is 4.88. The normalized spacial score (nSPS) is 12.8. The first-order valence-electron chi connectivity index (χ1n) is 10.6. The van der Waals surface area contributed by atoms with E-state index >= 15 is 0 Å². The average Bonchev–Trinajstić information content (AvgIpc) is 2.56. The Labute approximate surface area is 142 Å². The second-order valence-electron chi connectivity index (χ2n) is 7.46. The van der Waals surface area contributed by atoms with Gasteiger partial charge >= 0.3 is 0 Å². The summed E-state index contributed by atoms with van der Waals surface area (Å²) in [6.45, 7) is 19.4. The summed E-state index contributed by atoms with van der Waals surface area (Å²) in [4.78, 5) is 0. The molecule has 0 aliphatic carbocycles. The highest BCUT2D eigenvalue weighted by Crippen LogP contribution is 2.46. The van der Waals surface area contributed by atoms with Crippen LogP contribution in [0.2, 0.25) is 0 Å². The van der Waals surface area contributed by atoms with Gasteiger partial charge in [0.1, 0.15) is 0 Å². The summed E-state index contributed by atoms with van der Waals surface area (Å²) in [6.07, 6.45) is 11.0. The first kappa shape index (κ1) is 22.0. The molecular weight excluding hydrogens is 264 g/mol. The Morgan fingerprint density at radius 2 is 0.455 bits per heavy atom. The van der Waals surface area contributed by atoms with Gasteiger partial charge in [0.2, 0.25) is 0 Å². The van der Waals surface area contributed by atoms with Gasteiger partial charge in [-0.25, -0.2) is 0 Å². The fourth-order valence-corrected chi connectivity index (χ4v) is 5.36. The fraction of sp³-hybridized carbons (Fsp3) is 1.00. The lowest BCUT2D eigenvalue weighted by Gasteiger charge is -2.45. The molecule has 0 amide bonds. The summed E-state index contributed by atoms with van der Waals surface area (Å²) in [5.74, 6) is 5.60. The summed E-state index contributed by atoms with van der Waals surface area (Å²) in [5, 5.41) is 0. The molecule has 0 rings (SSSR count). The highest BCUT2D eigenvalue weighted by Gasteiger charge is 2.39. The van der Waals surface area contributed by atoms with Crippen molar-refractivity contribution in [1.82, 2.24) is 0 Å². The Morgan fingerprint density at radius 1 is 0.318 bits per heavy atom. The van der Waals surface area contributed by atoms with E-state index in [0.29, 0.717) is 0 Å². The molecule has 0 nitrogen and oxygen atoms in total. The standard InChI is InChI=1S/C22H46/c1-9-17(10-2)21(18(11-3)12-4)22(19(13-5)14-6)20(15-7)16-8/h17-22H,9-16H2,1-8H3. The van der Waals surface area contributed by atoms with Crippen molar-refractivity contribution in [3.8, 4) is 0 Å². The van der Waals surface area contributed by atoms with E-state index in [2.05, 4.69) is 55.4 Å². The molecule has 0 N–H and O–H groups in total. The van der Waals surface area contributed by atoms with Crippen LogP contribution in [0, 0.1) is 35.5 Å². The van der Waals surface area contributed by atoms with Gasteiger partial charge in [-0.2, -0.15) is 0 Å². The van der Waals surface area contributed by atoms with E-state index in [1.165, 1.54) is 51.4 Å². The molecule has 0 aromatic carbocycles. The monoisotopic (exact) mass is 310 g/mol. The van der Waals surface area contributed by atoms with Crippen molar-refractivity contribution in [3.05, 3.63) is 0 Å². The predicted molar refractivity (Wildman–Crippen MR) is 103 cm³/mol. The summed E-state index contributed by atoms with van der Waals surface area (Å²) in [7, 11) is 0. The van der Waals surface area contributed by atoms with Crippen LogP contribution < -0.4 is 0 Å².